The van der Waals surface area contributed by atoms with Gasteiger partial charge in [0, 0.05) is 0 Å². The van der Waals surface area contributed by atoms with Gasteiger partial charge in [0.2, 0.25) is 5.91 Å². The molecule has 1 rings (SSSR count). The number of amides is 1. The summed E-state index contributed by atoms with van der Waals surface area (Å²) in [6, 6.07) is 5.74. The van der Waals surface area contributed by atoms with Gasteiger partial charge in [0.05, 0.1) is 25.8 Å². The highest BCUT2D eigenvalue weighted by molar-refractivity contribution is 5.92. The molecule has 0 atom stereocenters. The molecule has 0 heterocycles. The van der Waals surface area contributed by atoms with Gasteiger partial charge in [-0.15, -0.1) is 0 Å². The van der Waals surface area contributed by atoms with Crippen LogP contribution in [-0.2, 0) is 10.2 Å². The maximum absolute atomic E-state index is 11.5. The highest BCUT2D eigenvalue weighted by Gasteiger charge is 2.16. The minimum Gasteiger partial charge on any atom is -0.495 e. The van der Waals surface area contributed by atoms with Crippen molar-refractivity contribution >= 4 is 11.6 Å². The molecular formula is C14H21NO3. The van der Waals surface area contributed by atoms with Crippen LogP contribution in [0, 0.1) is 0 Å². The van der Waals surface area contributed by atoms with Crippen LogP contribution in [0.1, 0.15) is 32.8 Å². The predicted molar refractivity (Wildman–Crippen MR) is 72.0 cm³/mol. The van der Waals surface area contributed by atoms with Crippen molar-refractivity contribution in [2.24, 2.45) is 0 Å². The van der Waals surface area contributed by atoms with Crippen LogP contribution in [0.5, 0.6) is 5.75 Å². The third-order valence-electron chi connectivity index (χ3n) is 2.68. The second kappa shape index (κ2) is 5.87. The smallest absolute Gasteiger partial charge is 0.226 e. The molecule has 4 nitrogen and oxygen atoms in total. The molecular weight excluding hydrogens is 230 g/mol. The minimum atomic E-state index is -0.221. The monoisotopic (exact) mass is 251 g/mol. The third-order valence-corrected chi connectivity index (χ3v) is 2.68. The Morgan fingerprint density at radius 3 is 2.56 bits per heavy atom. The Balaban J connectivity index is 3.03. The number of hydrogen-bond donors (Lipinski definition) is 2. The Kier molecular flexibility index (Phi) is 4.73. The third kappa shape index (κ3) is 3.74. The average Bonchev–Trinajstić information content (AvgIpc) is 2.28. The molecule has 100 valence electrons. The van der Waals surface area contributed by atoms with E-state index in [1.807, 2.05) is 18.2 Å². The zero-order valence-corrected chi connectivity index (χ0v) is 11.4. The van der Waals surface area contributed by atoms with Gasteiger partial charge in [-0.05, 0) is 23.1 Å². The number of ether oxygens (including phenoxy) is 1. The van der Waals surface area contributed by atoms with E-state index in [1.54, 1.807) is 7.11 Å². The van der Waals surface area contributed by atoms with Crippen LogP contribution in [0.25, 0.3) is 0 Å². The molecule has 1 aromatic carbocycles. The molecule has 0 aromatic heterocycles. The van der Waals surface area contributed by atoms with Crippen LogP contribution < -0.4 is 10.1 Å². The van der Waals surface area contributed by atoms with Crippen LogP contribution in [0.4, 0.5) is 5.69 Å². The molecule has 0 aliphatic carbocycles. The van der Waals surface area contributed by atoms with E-state index < -0.39 is 0 Å². The van der Waals surface area contributed by atoms with Crippen LogP contribution >= 0.6 is 0 Å². The molecule has 1 aromatic rings. The van der Waals surface area contributed by atoms with Gasteiger partial charge < -0.3 is 15.2 Å². The van der Waals surface area contributed by atoms with E-state index in [4.69, 9.17) is 9.84 Å². The number of benzene rings is 1. The summed E-state index contributed by atoms with van der Waals surface area (Å²) in [4.78, 5) is 11.5. The van der Waals surface area contributed by atoms with Gasteiger partial charge in [-0.1, -0.05) is 26.8 Å². The van der Waals surface area contributed by atoms with Crippen LogP contribution in [-0.4, -0.2) is 24.7 Å². The second-order valence-electron chi connectivity index (χ2n) is 5.19. The zero-order valence-electron chi connectivity index (χ0n) is 11.4. The molecule has 1 amide bonds. The van der Waals surface area contributed by atoms with E-state index in [0.717, 1.165) is 5.56 Å². The lowest BCUT2D eigenvalue weighted by molar-refractivity contribution is -0.116. The van der Waals surface area contributed by atoms with E-state index in [-0.39, 0.29) is 24.3 Å². The molecule has 0 aliphatic heterocycles. The number of nitrogens with one attached hydrogen (secondary N) is 1. The maximum atomic E-state index is 11.5. The fourth-order valence-corrected chi connectivity index (χ4v) is 1.59. The Bertz CT molecular complexity index is 422. The van der Waals surface area contributed by atoms with Crippen molar-refractivity contribution in [2.45, 2.75) is 32.6 Å². The fourth-order valence-electron chi connectivity index (χ4n) is 1.59. The number of anilines is 1. The van der Waals surface area contributed by atoms with Crippen molar-refractivity contribution in [2.75, 3.05) is 19.0 Å². The molecule has 4 heteroatoms. The molecule has 0 saturated carbocycles. The first-order chi connectivity index (χ1) is 8.38. The summed E-state index contributed by atoms with van der Waals surface area (Å²) in [7, 11) is 1.56. The standard InChI is InChI=1S/C14H21NO3/c1-14(2,3)10-5-6-12(18-4)11(9-10)15-13(17)7-8-16/h5-6,9,16H,7-8H2,1-4H3,(H,15,17). The summed E-state index contributed by atoms with van der Waals surface area (Å²) < 4.78 is 5.21. The van der Waals surface area contributed by atoms with Gasteiger partial charge >= 0.3 is 0 Å². The lowest BCUT2D eigenvalue weighted by atomic mass is 9.87. The van der Waals surface area contributed by atoms with Gasteiger partial charge in [0.25, 0.3) is 0 Å². The number of aliphatic hydroxyl groups excluding tert-OH is 1. The number of methoxy groups -OCH3 is 1. The van der Waals surface area contributed by atoms with Crippen LogP contribution in [0.3, 0.4) is 0 Å². The van der Waals surface area contributed by atoms with E-state index in [9.17, 15) is 4.79 Å². The van der Waals surface area contributed by atoms with Gasteiger partial charge in [-0.2, -0.15) is 0 Å². The summed E-state index contributed by atoms with van der Waals surface area (Å²) in [5.74, 6) is 0.399. The Morgan fingerprint density at radius 2 is 2.06 bits per heavy atom. The first-order valence-corrected chi connectivity index (χ1v) is 5.97. The van der Waals surface area contributed by atoms with Crippen molar-refractivity contribution in [1.82, 2.24) is 0 Å². The van der Waals surface area contributed by atoms with E-state index in [1.165, 1.54) is 0 Å². The molecule has 0 spiro atoms. The molecule has 0 radical (unpaired) electrons. The summed E-state index contributed by atoms with van der Waals surface area (Å²) >= 11 is 0. The summed E-state index contributed by atoms with van der Waals surface area (Å²) in [5, 5.41) is 11.5. The number of hydrogen-bond acceptors (Lipinski definition) is 3. The molecule has 0 fully saturated rings. The molecule has 2 N–H and O–H groups in total. The quantitative estimate of drug-likeness (QED) is 0.863. The van der Waals surface area contributed by atoms with Crippen LogP contribution in [0.15, 0.2) is 18.2 Å². The molecule has 0 unspecified atom stereocenters. The normalized spacial score (nSPS) is 11.2. The van der Waals surface area contributed by atoms with Crippen molar-refractivity contribution in [3.05, 3.63) is 23.8 Å². The van der Waals surface area contributed by atoms with Crippen molar-refractivity contribution in [3.63, 3.8) is 0 Å². The number of rotatable bonds is 4. The highest BCUT2D eigenvalue weighted by atomic mass is 16.5. The maximum Gasteiger partial charge on any atom is 0.226 e. The Labute approximate surface area is 108 Å². The summed E-state index contributed by atoms with van der Waals surface area (Å²) in [6.07, 6.45) is 0.0862. The topological polar surface area (TPSA) is 58.6 Å². The van der Waals surface area contributed by atoms with Crippen molar-refractivity contribution < 1.29 is 14.6 Å². The zero-order chi connectivity index (χ0) is 13.8. The second-order valence-corrected chi connectivity index (χ2v) is 5.19. The Morgan fingerprint density at radius 1 is 1.39 bits per heavy atom. The Hall–Kier alpha value is -1.55. The SMILES string of the molecule is COc1ccc(C(C)(C)C)cc1NC(=O)CCO. The minimum absolute atomic E-state index is 0.00271. The predicted octanol–water partition coefficient (Wildman–Crippen LogP) is 2.31. The van der Waals surface area contributed by atoms with E-state index >= 15 is 0 Å². The van der Waals surface area contributed by atoms with E-state index in [0.29, 0.717) is 11.4 Å². The average molecular weight is 251 g/mol. The number of carbonyl (C=O) groups is 1. The van der Waals surface area contributed by atoms with Crippen LogP contribution in [0.2, 0.25) is 0 Å². The van der Waals surface area contributed by atoms with E-state index in [2.05, 4.69) is 26.1 Å². The lowest BCUT2D eigenvalue weighted by Crippen LogP contribution is -2.16. The lowest BCUT2D eigenvalue weighted by Gasteiger charge is -2.21. The molecule has 0 bridgehead atoms. The number of aliphatic hydroxyl groups is 1. The first-order valence-electron chi connectivity index (χ1n) is 5.97. The molecule has 0 saturated heterocycles. The van der Waals surface area contributed by atoms with Gasteiger partial charge in [-0.25, -0.2) is 0 Å². The van der Waals surface area contributed by atoms with Gasteiger partial charge in [0.1, 0.15) is 5.75 Å². The molecule has 0 aliphatic rings. The molecule has 18 heavy (non-hydrogen) atoms. The van der Waals surface area contributed by atoms with Crippen molar-refractivity contribution in [1.29, 1.82) is 0 Å². The van der Waals surface area contributed by atoms with Gasteiger partial charge in [-0.3, -0.25) is 4.79 Å². The van der Waals surface area contributed by atoms with Gasteiger partial charge in [0.15, 0.2) is 0 Å². The highest BCUT2D eigenvalue weighted by Crippen LogP contribution is 2.31. The summed E-state index contributed by atoms with van der Waals surface area (Å²) in [5.41, 5.74) is 1.76. The fraction of sp³-hybridized carbons (Fsp3) is 0.500. The first kappa shape index (κ1) is 14.5. The number of carbonyl (C=O) groups excluding carboxylic acids is 1. The summed E-state index contributed by atoms with van der Waals surface area (Å²) in [6.45, 7) is 6.16. The largest absolute Gasteiger partial charge is 0.495 e. The van der Waals surface area contributed by atoms with Crippen molar-refractivity contribution in [3.8, 4) is 5.75 Å².